The summed E-state index contributed by atoms with van der Waals surface area (Å²) in [4.78, 5) is 30.1. The molecule has 0 aliphatic heterocycles. The highest BCUT2D eigenvalue weighted by Crippen LogP contribution is 2.33. The molecule has 3 N–H and O–H groups in total. The highest BCUT2D eigenvalue weighted by molar-refractivity contribution is 6.11. The van der Waals surface area contributed by atoms with Crippen molar-refractivity contribution in [3.05, 3.63) is 53.9 Å². The molecule has 0 fully saturated rings. The SMILES string of the molecule is COCC(=O)Nc1c(C(=O)OC)n(CCCc2ccccc2)c2ncc(NC(C)CC(C)(C)O)cc12. The summed E-state index contributed by atoms with van der Waals surface area (Å²) in [6.45, 7) is 5.83. The molecule has 9 heteroatoms. The Hall–Kier alpha value is -3.43. The minimum Gasteiger partial charge on any atom is -0.464 e. The van der Waals surface area contributed by atoms with Gasteiger partial charge in [-0.2, -0.15) is 0 Å². The van der Waals surface area contributed by atoms with Crippen LogP contribution in [0.3, 0.4) is 0 Å². The van der Waals surface area contributed by atoms with Crippen LogP contribution in [0.25, 0.3) is 11.0 Å². The van der Waals surface area contributed by atoms with Gasteiger partial charge in [-0.1, -0.05) is 30.3 Å². The summed E-state index contributed by atoms with van der Waals surface area (Å²) >= 11 is 0. The summed E-state index contributed by atoms with van der Waals surface area (Å²) in [7, 11) is 2.75. The van der Waals surface area contributed by atoms with Crippen molar-refractivity contribution in [3.63, 3.8) is 0 Å². The first-order chi connectivity index (χ1) is 17.1. The molecule has 9 nitrogen and oxygen atoms in total. The zero-order valence-electron chi connectivity index (χ0n) is 21.6. The number of aromatic nitrogens is 2. The van der Waals surface area contributed by atoms with Crippen molar-refractivity contribution in [1.82, 2.24) is 9.55 Å². The Labute approximate surface area is 211 Å². The number of hydrogen-bond acceptors (Lipinski definition) is 7. The van der Waals surface area contributed by atoms with Gasteiger partial charge in [-0.3, -0.25) is 4.79 Å². The zero-order valence-corrected chi connectivity index (χ0v) is 21.6. The number of nitrogens with one attached hydrogen (secondary N) is 2. The standard InChI is InChI=1S/C27H36N4O5/c1-18(15-27(2,3)34)29-20-14-21-23(30-22(32)17-35-4)24(26(33)36-5)31(25(21)28-16-20)13-9-12-19-10-7-6-8-11-19/h6-8,10-11,14,16,18,29,34H,9,12-13,15,17H2,1-5H3,(H,30,32). The quantitative estimate of drug-likeness (QED) is 0.325. The van der Waals surface area contributed by atoms with Gasteiger partial charge in [-0.05, 0) is 51.7 Å². The minimum absolute atomic E-state index is 0.0381. The van der Waals surface area contributed by atoms with Crippen molar-refractivity contribution in [2.24, 2.45) is 0 Å². The molecule has 0 bridgehead atoms. The van der Waals surface area contributed by atoms with Gasteiger partial charge in [0.25, 0.3) is 0 Å². The van der Waals surface area contributed by atoms with E-state index < -0.39 is 11.6 Å². The fraction of sp³-hybridized carbons (Fsp3) is 0.444. The van der Waals surface area contributed by atoms with E-state index in [-0.39, 0.29) is 24.2 Å². The summed E-state index contributed by atoms with van der Waals surface area (Å²) in [5.74, 6) is -0.954. The predicted octanol–water partition coefficient (Wildman–Crippen LogP) is 4.00. The number of carbonyl (C=O) groups excluding carboxylic acids is 2. The van der Waals surface area contributed by atoms with E-state index in [1.54, 1.807) is 24.6 Å². The van der Waals surface area contributed by atoms with Crippen LogP contribution < -0.4 is 10.6 Å². The minimum atomic E-state index is -0.830. The average molecular weight is 497 g/mol. The topological polar surface area (TPSA) is 115 Å². The number of carbonyl (C=O) groups is 2. The van der Waals surface area contributed by atoms with E-state index in [0.29, 0.717) is 35.4 Å². The number of nitrogens with zero attached hydrogens (tertiary/aromatic N) is 2. The molecule has 0 aliphatic carbocycles. The smallest absolute Gasteiger partial charge is 0.356 e. The number of ether oxygens (including phenoxy) is 2. The van der Waals surface area contributed by atoms with Crippen LogP contribution in [0.5, 0.6) is 0 Å². The number of anilines is 2. The van der Waals surface area contributed by atoms with E-state index >= 15 is 0 Å². The number of benzene rings is 1. The fourth-order valence-electron chi connectivity index (χ4n) is 4.43. The Morgan fingerprint density at radius 2 is 1.92 bits per heavy atom. The molecule has 194 valence electrons. The molecule has 0 saturated heterocycles. The Morgan fingerprint density at radius 1 is 1.19 bits per heavy atom. The van der Waals surface area contributed by atoms with Gasteiger partial charge in [0.1, 0.15) is 12.3 Å². The first-order valence-corrected chi connectivity index (χ1v) is 12.0. The van der Waals surface area contributed by atoms with Crippen molar-refractivity contribution in [1.29, 1.82) is 0 Å². The maximum atomic E-state index is 12.9. The van der Waals surface area contributed by atoms with E-state index in [4.69, 9.17) is 9.47 Å². The van der Waals surface area contributed by atoms with Gasteiger partial charge < -0.3 is 29.8 Å². The Balaban J connectivity index is 2.02. The van der Waals surface area contributed by atoms with Gasteiger partial charge >= 0.3 is 5.97 Å². The van der Waals surface area contributed by atoms with Crippen LogP contribution in [0, 0.1) is 0 Å². The lowest BCUT2D eigenvalue weighted by Crippen LogP contribution is -2.29. The first kappa shape index (κ1) is 27.2. The molecular formula is C27H36N4O5. The number of hydrogen-bond donors (Lipinski definition) is 3. The van der Waals surface area contributed by atoms with Crippen LogP contribution in [0.15, 0.2) is 42.6 Å². The second-order valence-electron chi connectivity index (χ2n) is 9.59. The largest absolute Gasteiger partial charge is 0.464 e. The van der Waals surface area contributed by atoms with Crippen molar-refractivity contribution in [2.45, 2.75) is 58.2 Å². The zero-order chi connectivity index (χ0) is 26.3. The molecule has 1 unspecified atom stereocenters. The summed E-state index contributed by atoms with van der Waals surface area (Å²) in [5.41, 5.74) is 2.21. The number of rotatable bonds is 12. The maximum Gasteiger partial charge on any atom is 0.356 e. The summed E-state index contributed by atoms with van der Waals surface area (Å²) in [6, 6.07) is 11.9. The van der Waals surface area contributed by atoms with E-state index in [1.165, 1.54) is 19.8 Å². The van der Waals surface area contributed by atoms with Crippen LogP contribution in [-0.4, -0.2) is 59.0 Å². The normalized spacial score (nSPS) is 12.4. The Morgan fingerprint density at radius 3 is 2.56 bits per heavy atom. The Kier molecular flexibility index (Phi) is 9.06. The molecule has 1 aromatic carbocycles. The highest BCUT2D eigenvalue weighted by atomic mass is 16.5. The van der Waals surface area contributed by atoms with Gasteiger partial charge in [0.2, 0.25) is 5.91 Å². The summed E-state index contributed by atoms with van der Waals surface area (Å²) in [5, 5.41) is 16.9. The third kappa shape index (κ3) is 7.05. The number of pyridine rings is 1. The maximum absolute atomic E-state index is 12.9. The highest BCUT2D eigenvalue weighted by Gasteiger charge is 2.26. The number of esters is 1. The Bertz CT molecular complexity index is 1180. The molecule has 0 spiro atoms. The van der Waals surface area contributed by atoms with E-state index in [1.807, 2.05) is 31.2 Å². The van der Waals surface area contributed by atoms with Crippen LogP contribution in [0.1, 0.15) is 49.7 Å². The van der Waals surface area contributed by atoms with Gasteiger partial charge in [-0.15, -0.1) is 0 Å². The molecule has 3 rings (SSSR count). The number of aryl methyl sites for hydroxylation is 2. The van der Waals surface area contributed by atoms with Crippen molar-refractivity contribution < 1.29 is 24.2 Å². The van der Waals surface area contributed by atoms with Crippen LogP contribution in [-0.2, 0) is 27.2 Å². The number of methoxy groups -OCH3 is 2. The van der Waals surface area contributed by atoms with Gasteiger partial charge in [0, 0.05) is 25.1 Å². The van der Waals surface area contributed by atoms with Crippen LogP contribution >= 0.6 is 0 Å². The second-order valence-corrected chi connectivity index (χ2v) is 9.59. The molecule has 2 heterocycles. The second kappa shape index (κ2) is 12.0. The van der Waals surface area contributed by atoms with Gasteiger partial charge in [0.05, 0.1) is 30.3 Å². The van der Waals surface area contributed by atoms with Gasteiger partial charge in [0.15, 0.2) is 5.69 Å². The molecule has 0 saturated carbocycles. The molecular weight excluding hydrogens is 460 g/mol. The van der Waals surface area contributed by atoms with Crippen LogP contribution in [0.4, 0.5) is 11.4 Å². The van der Waals surface area contributed by atoms with Crippen molar-refractivity contribution in [2.75, 3.05) is 31.5 Å². The lowest BCUT2D eigenvalue weighted by molar-refractivity contribution is -0.119. The van der Waals surface area contributed by atoms with Gasteiger partial charge in [-0.25, -0.2) is 9.78 Å². The van der Waals surface area contributed by atoms with E-state index in [2.05, 4.69) is 27.8 Å². The number of amides is 1. The lowest BCUT2D eigenvalue weighted by atomic mass is 10.0. The third-order valence-electron chi connectivity index (χ3n) is 5.73. The monoisotopic (exact) mass is 496 g/mol. The van der Waals surface area contributed by atoms with E-state index in [0.717, 1.165) is 12.8 Å². The third-order valence-corrected chi connectivity index (χ3v) is 5.73. The number of aliphatic hydroxyl groups is 1. The summed E-state index contributed by atoms with van der Waals surface area (Å²) < 4.78 is 11.9. The molecule has 0 aliphatic rings. The molecule has 1 atom stereocenters. The predicted molar refractivity (Wildman–Crippen MR) is 140 cm³/mol. The van der Waals surface area contributed by atoms with Crippen molar-refractivity contribution >= 4 is 34.3 Å². The number of fused-ring (bicyclic) bond motifs is 1. The van der Waals surface area contributed by atoms with E-state index in [9.17, 15) is 14.7 Å². The molecule has 3 aromatic rings. The van der Waals surface area contributed by atoms with Crippen LogP contribution in [0.2, 0.25) is 0 Å². The lowest BCUT2D eigenvalue weighted by Gasteiger charge is -2.23. The molecule has 1 amide bonds. The molecule has 0 radical (unpaired) electrons. The summed E-state index contributed by atoms with van der Waals surface area (Å²) in [6.07, 6.45) is 3.79. The average Bonchev–Trinajstić information content (AvgIpc) is 3.10. The molecule has 36 heavy (non-hydrogen) atoms. The fourth-order valence-corrected chi connectivity index (χ4v) is 4.43. The van der Waals surface area contributed by atoms with Crippen molar-refractivity contribution in [3.8, 4) is 0 Å². The molecule has 2 aromatic heterocycles. The first-order valence-electron chi connectivity index (χ1n) is 12.0.